The molecule has 0 amide bonds. The standard InChI is InChI=1S/C14H11F3N2O2S/c1-2-21-12(20)6-9-7-19-10-4-3-8(14(15,16)17)5-11(10)22-13(19)18-9/h3-5,7H,2,6H2,1H3. The largest absolute Gasteiger partial charge is 0.466 e. The van der Waals surface area contributed by atoms with Crippen molar-refractivity contribution in [3.63, 3.8) is 0 Å². The second-order valence-corrected chi connectivity index (χ2v) is 5.66. The van der Waals surface area contributed by atoms with Gasteiger partial charge in [0.1, 0.15) is 0 Å². The zero-order valence-electron chi connectivity index (χ0n) is 11.5. The highest BCUT2D eigenvalue weighted by molar-refractivity contribution is 7.23. The van der Waals surface area contributed by atoms with Crippen LogP contribution in [0.1, 0.15) is 18.2 Å². The van der Waals surface area contributed by atoms with E-state index in [0.717, 1.165) is 23.5 Å². The molecule has 4 nitrogen and oxygen atoms in total. The van der Waals surface area contributed by atoms with Crippen molar-refractivity contribution in [2.75, 3.05) is 6.61 Å². The lowest BCUT2D eigenvalue weighted by atomic mass is 10.2. The number of carbonyl (C=O) groups is 1. The average molecular weight is 328 g/mol. The van der Waals surface area contributed by atoms with Gasteiger partial charge >= 0.3 is 12.1 Å². The van der Waals surface area contributed by atoms with Gasteiger partial charge in [0.15, 0.2) is 4.96 Å². The van der Waals surface area contributed by atoms with E-state index >= 15 is 0 Å². The third-order valence-electron chi connectivity index (χ3n) is 3.10. The topological polar surface area (TPSA) is 43.6 Å². The molecule has 0 unspecified atom stereocenters. The molecular formula is C14H11F3N2O2S. The molecule has 0 aliphatic heterocycles. The summed E-state index contributed by atoms with van der Waals surface area (Å²) in [7, 11) is 0. The van der Waals surface area contributed by atoms with Gasteiger partial charge in [-0.05, 0) is 25.1 Å². The fraction of sp³-hybridized carbons (Fsp3) is 0.286. The predicted octanol–water partition coefficient (Wildman–Crippen LogP) is 3.67. The van der Waals surface area contributed by atoms with Crippen LogP contribution in [0.2, 0.25) is 0 Å². The third kappa shape index (κ3) is 2.66. The van der Waals surface area contributed by atoms with E-state index in [1.807, 2.05) is 0 Å². The number of esters is 1. The normalized spacial score (nSPS) is 12.2. The number of alkyl halides is 3. The number of aromatic nitrogens is 2. The van der Waals surface area contributed by atoms with Crippen molar-refractivity contribution in [2.45, 2.75) is 19.5 Å². The van der Waals surface area contributed by atoms with Crippen LogP contribution in [0.4, 0.5) is 13.2 Å². The lowest BCUT2D eigenvalue weighted by Crippen LogP contribution is -2.07. The van der Waals surface area contributed by atoms with Crippen LogP contribution >= 0.6 is 11.3 Å². The second kappa shape index (κ2) is 5.28. The highest BCUT2D eigenvalue weighted by Crippen LogP contribution is 2.34. The molecule has 0 aliphatic rings. The molecule has 0 saturated carbocycles. The SMILES string of the molecule is CCOC(=O)Cc1cn2c(n1)sc1cc(C(F)(F)F)ccc12. The summed E-state index contributed by atoms with van der Waals surface area (Å²) in [6.45, 7) is 2.01. The molecule has 0 radical (unpaired) electrons. The first-order valence-electron chi connectivity index (χ1n) is 6.52. The van der Waals surface area contributed by atoms with Gasteiger partial charge in [-0.25, -0.2) is 4.98 Å². The first-order valence-corrected chi connectivity index (χ1v) is 7.33. The van der Waals surface area contributed by atoms with Crippen molar-refractivity contribution < 1.29 is 22.7 Å². The van der Waals surface area contributed by atoms with Gasteiger partial charge in [0.2, 0.25) is 0 Å². The molecule has 0 spiro atoms. The number of benzene rings is 1. The first kappa shape index (κ1) is 14.8. The predicted molar refractivity (Wildman–Crippen MR) is 75.9 cm³/mol. The highest BCUT2D eigenvalue weighted by atomic mass is 32.1. The van der Waals surface area contributed by atoms with Gasteiger partial charge < -0.3 is 4.74 Å². The summed E-state index contributed by atoms with van der Waals surface area (Å²) >= 11 is 1.15. The summed E-state index contributed by atoms with van der Waals surface area (Å²) in [4.78, 5) is 16.2. The smallest absolute Gasteiger partial charge is 0.416 e. The fourth-order valence-electron chi connectivity index (χ4n) is 2.17. The van der Waals surface area contributed by atoms with Crippen molar-refractivity contribution in [3.05, 3.63) is 35.7 Å². The number of carbonyl (C=O) groups excluding carboxylic acids is 1. The molecular weight excluding hydrogens is 317 g/mol. The molecule has 0 saturated heterocycles. The minimum atomic E-state index is -4.37. The van der Waals surface area contributed by atoms with E-state index in [9.17, 15) is 18.0 Å². The van der Waals surface area contributed by atoms with Gasteiger partial charge in [-0.2, -0.15) is 13.2 Å². The van der Waals surface area contributed by atoms with Crippen LogP contribution in [0.5, 0.6) is 0 Å². The lowest BCUT2D eigenvalue weighted by Gasteiger charge is -2.05. The van der Waals surface area contributed by atoms with E-state index in [1.54, 1.807) is 17.5 Å². The Balaban J connectivity index is 1.99. The summed E-state index contributed by atoms with van der Waals surface area (Å²) in [6.07, 6.45) is -2.67. The molecule has 3 aromatic rings. The molecule has 0 fully saturated rings. The van der Waals surface area contributed by atoms with E-state index in [-0.39, 0.29) is 12.4 Å². The molecule has 8 heteroatoms. The van der Waals surface area contributed by atoms with Gasteiger partial charge in [0.25, 0.3) is 0 Å². The number of hydrogen-bond acceptors (Lipinski definition) is 4. The summed E-state index contributed by atoms with van der Waals surface area (Å²) in [6, 6.07) is 3.57. The van der Waals surface area contributed by atoms with E-state index < -0.39 is 11.7 Å². The molecule has 0 N–H and O–H groups in total. The molecule has 116 valence electrons. The van der Waals surface area contributed by atoms with E-state index in [2.05, 4.69) is 4.98 Å². The Labute approximate surface area is 127 Å². The summed E-state index contributed by atoms with van der Waals surface area (Å²) < 4.78 is 45.2. The summed E-state index contributed by atoms with van der Waals surface area (Å²) in [5, 5.41) is 0. The molecule has 0 atom stereocenters. The Bertz CT molecular complexity index is 851. The van der Waals surface area contributed by atoms with E-state index in [1.165, 1.54) is 6.07 Å². The quantitative estimate of drug-likeness (QED) is 0.689. The Morgan fingerprint density at radius 1 is 1.41 bits per heavy atom. The van der Waals surface area contributed by atoms with Crippen molar-refractivity contribution in [3.8, 4) is 0 Å². The van der Waals surface area contributed by atoms with Gasteiger partial charge in [-0.1, -0.05) is 11.3 Å². The number of thiazole rings is 1. The van der Waals surface area contributed by atoms with Gasteiger partial charge in [-0.15, -0.1) is 0 Å². The van der Waals surface area contributed by atoms with Crippen LogP contribution in [0, 0.1) is 0 Å². The maximum atomic E-state index is 12.7. The second-order valence-electron chi connectivity index (χ2n) is 4.65. The van der Waals surface area contributed by atoms with Gasteiger partial charge in [-0.3, -0.25) is 9.20 Å². The third-order valence-corrected chi connectivity index (χ3v) is 4.12. The molecule has 2 aromatic heterocycles. The van der Waals surface area contributed by atoms with E-state index in [4.69, 9.17) is 4.74 Å². The van der Waals surface area contributed by atoms with Gasteiger partial charge in [0, 0.05) is 6.20 Å². The Morgan fingerprint density at radius 2 is 2.18 bits per heavy atom. The van der Waals surface area contributed by atoms with Crippen LogP contribution in [-0.2, 0) is 22.1 Å². The van der Waals surface area contributed by atoms with Crippen LogP contribution in [-0.4, -0.2) is 22.0 Å². The first-order chi connectivity index (χ1) is 10.4. The maximum Gasteiger partial charge on any atom is 0.416 e. The number of halogens is 3. The molecule has 2 heterocycles. The Morgan fingerprint density at radius 3 is 2.86 bits per heavy atom. The number of ether oxygens (including phenoxy) is 1. The zero-order valence-corrected chi connectivity index (χ0v) is 12.3. The number of fused-ring (bicyclic) bond motifs is 3. The lowest BCUT2D eigenvalue weighted by molar-refractivity contribution is -0.142. The van der Waals surface area contributed by atoms with Crippen LogP contribution in [0.15, 0.2) is 24.4 Å². The molecule has 3 rings (SSSR count). The minimum Gasteiger partial charge on any atom is -0.466 e. The Kier molecular flexibility index (Phi) is 3.56. The van der Waals surface area contributed by atoms with Crippen molar-refractivity contribution in [2.24, 2.45) is 0 Å². The maximum absolute atomic E-state index is 12.7. The van der Waals surface area contributed by atoms with Crippen LogP contribution in [0.3, 0.4) is 0 Å². The summed E-state index contributed by atoms with van der Waals surface area (Å²) in [5.74, 6) is -0.378. The number of rotatable bonds is 3. The van der Waals surface area contributed by atoms with Crippen molar-refractivity contribution in [1.29, 1.82) is 0 Å². The number of nitrogens with zero attached hydrogens (tertiary/aromatic N) is 2. The number of hydrogen-bond donors (Lipinski definition) is 0. The average Bonchev–Trinajstić information content (AvgIpc) is 2.93. The molecule has 0 bridgehead atoms. The molecule has 1 aromatic carbocycles. The zero-order chi connectivity index (χ0) is 15.9. The fourth-order valence-corrected chi connectivity index (χ4v) is 3.23. The molecule has 22 heavy (non-hydrogen) atoms. The highest BCUT2D eigenvalue weighted by Gasteiger charge is 2.30. The van der Waals surface area contributed by atoms with Crippen LogP contribution < -0.4 is 0 Å². The minimum absolute atomic E-state index is 0.0460. The van der Waals surface area contributed by atoms with Crippen molar-refractivity contribution >= 4 is 32.5 Å². The monoisotopic (exact) mass is 328 g/mol. The number of imidazole rings is 1. The Hall–Kier alpha value is -2.09. The summed E-state index contributed by atoms with van der Waals surface area (Å²) in [5.41, 5.74) is 0.485. The van der Waals surface area contributed by atoms with Gasteiger partial charge in [0.05, 0.1) is 34.5 Å². The van der Waals surface area contributed by atoms with Crippen molar-refractivity contribution in [1.82, 2.24) is 9.38 Å². The van der Waals surface area contributed by atoms with E-state index in [0.29, 0.717) is 27.5 Å². The van der Waals surface area contributed by atoms with Crippen LogP contribution in [0.25, 0.3) is 15.2 Å². The molecule has 0 aliphatic carbocycles.